The van der Waals surface area contributed by atoms with Crippen LogP contribution in [0.1, 0.15) is 12.8 Å². The summed E-state index contributed by atoms with van der Waals surface area (Å²) in [5.41, 5.74) is 5.56. The highest BCUT2D eigenvalue weighted by molar-refractivity contribution is 7.92. The zero-order valence-corrected chi connectivity index (χ0v) is 12.4. The molecule has 7 heteroatoms. The molecule has 1 saturated carbocycles. The lowest BCUT2D eigenvalue weighted by molar-refractivity contribution is 0.196. The lowest BCUT2D eigenvalue weighted by Crippen LogP contribution is -2.47. The first-order valence-electron chi connectivity index (χ1n) is 5.92. The minimum Gasteiger partial charge on any atom is -0.504 e. The van der Waals surface area contributed by atoms with E-state index in [2.05, 4.69) is 0 Å². The van der Waals surface area contributed by atoms with Gasteiger partial charge in [0.2, 0.25) is 0 Å². The van der Waals surface area contributed by atoms with Crippen molar-refractivity contribution in [2.45, 2.75) is 29.0 Å². The predicted octanol–water partition coefficient (Wildman–Crippen LogP) is 1.49. The molecule has 1 aliphatic carbocycles. The summed E-state index contributed by atoms with van der Waals surface area (Å²) in [6, 6.07) is 3.04. The lowest BCUT2D eigenvalue weighted by Gasteiger charge is -2.39. The highest BCUT2D eigenvalue weighted by atomic mass is 35.5. The lowest BCUT2D eigenvalue weighted by atomic mass is 9.91. The Kier molecular flexibility index (Phi) is 3.68. The van der Waals surface area contributed by atoms with Gasteiger partial charge in [-0.2, -0.15) is 0 Å². The highest BCUT2D eigenvalue weighted by Crippen LogP contribution is 2.42. The molecule has 0 bridgehead atoms. The molecule has 1 fully saturated rings. The smallest absolute Gasteiger partial charge is 0.186 e. The standard InChI is InChI=1S/C12H17ClN2O3S/c1-15(2)7-5-8(6-7)19(17,18)12-9(13)3-4-10(14)11(12)16/h3-4,7-8,16H,5-6,14H2,1-2H3/t7-,8-. The molecule has 0 atom stereocenters. The largest absolute Gasteiger partial charge is 0.504 e. The molecule has 106 valence electrons. The maximum Gasteiger partial charge on any atom is 0.186 e. The van der Waals surface area contributed by atoms with Crippen molar-refractivity contribution in [3.05, 3.63) is 17.2 Å². The molecule has 1 aromatic rings. The number of nitrogen functional groups attached to an aromatic ring is 1. The number of aromatic hydroxyl groups is 1. The van der Waals surface area contributed by atoms with Crippen LogP contribution in [0.2, 0.25) is 5.02 Å². The molecule has 0 heterocycles. The summed E-state index contributed by atoms with van der Waals surface area (Å²) in [7, 11) is 0.189. The molecule has 3 N–H and O–H groups in total. The fourth-order valence-corrected chi connectivity index (χ4v) is 4.70. The maximum absolute atomic E-state index is 12.5. The van der Waals surface area contributed by atoms with Gasteiger partial charge in [-0.3, -0.25) is 0 Å². The number of hydrogen-bond acceptors (Lipinski definition) is 5. The second-order valence-electron chi connectivity index (χ2n) is 5.07. The van der Waals surface area contributed by atoms with Gasteiger partial charge in [0.15, 0.2) is 15.6 Å². The van der Waals surface area contributed by atoms with Crippen molar-refractivity contribution in [3.8, 4) is 5.75 Å². The minimum atomic E-state index is -3.64. The molecular formula is C12H17ClN2O3S. The van der Waals surface area contributed by atoms with Gasteiger partial charge in [0, 0.05) is 6.04 Å². The molecule has 0 radical (unpaired) electrons. The van der Waals surface area contributed by atoms with E-state index in [-0.39, 0.29) is 21.6 Å². The van der Waals surface area contributed by atoms with Crippen LogP contribution in [0.25, 0.3) is 0 Å². The number of nitrogens with two attached hydrogens (primary N) is 1. The molecule has 0 unspecified atom stereocenters. The number of rotatable bonds is 3. The molecule has 2 rings (SSSR count). The monoisotopic (exact) mass is 304 g/mol. The van der Waals surface area contributed by atoms with Gasteiger partial charge in [0.25, 0.3) is 0 Å². The van der Waals surface area contributed by atoms with E-state index in [1.807, 2.05) is 19.0 Å². The Morgan fingerprint density at radius 2 is 1.95 bits per heavy atom. The Balaban J connectivity index is 2.35. The SMILES string of the molecule is CN(C)[C@H]1C[C@H](S(=O)(=O)c2c(Cl)ccc(N)c2O)C1. The van der Waals surface area contributed by atoms with Crippen LogP contribution in [0, 0.1) is 0 Å². The summed E-state index contributed by atoms with van der Waals surface area (Å²) in [6.07, 6.45) is 1.08. The van der Waals surface area contributed by atoms with Crippen LogP contribution in [0.3, 0.4) is 0 Å². The zero-order chi connectivity index (χ0) is 14.4. The van der Waals surface area contributed by atoms with Gasteiger partial charge in [0.05, 0.1) is 16.0 Å². The second-order valence-corrected chi connectivity index (χ2v) is 7.64. The molecular weight excluding hydrogens is 288 g/mol. The predicted molar refractivity (Wildman–Crippen MR) is 75.2 cm³/mol. The summed E-state index contributed by atoms with van der Waals surface area (Å²) in [5.74, 6) is -0.444. The second kappa shape index (κ2) is 4.85. The van der Waals surface area contributed by atoms with E-state index >= 15 is 0 Å². The molecule has 0 aliphatic heterocycles. The van der Waals surface area contributed by atoms with E-state index in [1.54, 1.807) is 0 Å². The number of sulfone groups is 1. The third kappa shape index (κ3) is 2.40. The molecule has 0 saturated heterocycles. The first kappa shape index (κ1) is 14.4. The van der Waals surface area contributed by atoms with E-state index in [0.29, 0.717) is 12.8 Å². The van der Waals surface area contributed by atoms with Gasteiger partial charge in [-0.25, -0.2) is 8.42 Å². The van der Waals surface area contributed by atoms with E-state index in [4.69, 9.17) is 17.3 Å². The molecule has 5 nitrogen and oxygen atoms in total. The van der Waals surface area contributed by atoms with E-state index in [1.165, 1.54) is 12.1 Å². The molecule has 0 amide bonds. The van der Waals surface area contributed by atoms with Gasteiger partial charge >= 0.3 is 0 Å². The molecule has 0 aromatic heterocycles. The van der Waals surface area contributed by atoms with Gasteiger partial charge in [-0.1, -0.05) is 11.6 Å². The first-order valence-corrected chi connectivity index (χ1v) is 7.85. The highest BCUT2D eigenvalue weighted by Gasteiger charge is 2.42. The Labute approximate surface area is 117 Å². The van der Waals surface area contributed by atoms with Gasteiger partial charge < -0.3 is 15.7 Å². The van der Waals surface area contributed by atoms with Crippen LogP contribution in [0.4, 0.5) is 5.69 Å². The van der Waals surface area contributed by atoms with Crippen molar-refractivity contribution in [2.75, 3.05) is 19.8 Å². The van der Waals surface area contributed by atoms with Crippen LogP contribution >= 0.6 is 11.6 Å². The van der Waals surface area contributed by atoms with Crippen molar-refractivity contribution in [1.82, 2.24) is 4.90 Å². The van der Waals surface area contributed by atoms with Crippen molar-refractivity contribution in [3.63, 3.8) is 0 Å². The third-order valence-electron chi connectivity index (χ3n) is 3.64. The maximum atomic E-state index is 12.5. The minimum absolute atomic E-state index is 0.0139. The van der Waals surface area contributed by atoms with Crippen LogP contribution in [-0.2, 0) is 9.84 Å². The quantitative estimate of drug-likeness (QED) is 0.653. The van der Waals surface area contributed by atoms with E-state index in [9.17, 15) is 13.5 Å². The fraction of sp³-hybridized carbons (Fsp3) is 0.500. The summed E-state index contributed by atoms with van der Waals surface area (Å²) < 4.78 is 24.9. The number of phenols is 1. The number of phenolic OH excluding ortho intramolecular Hbond substituents is 1. The molecule has 1 aliphatic rings. The fourth-order valence-electron chi connectivity index (χ4n) is 2.21. The average Bonchev–Trinajstić information content (AvgIpc) is 2.20. The zero-order valence-electron chi connectivity index (χ0n) is 10.8. The average molecular weight is 305 g/mol. The summed E-state index contributed by atoms with van der Waals surface area (Å²) >= 11 is 5.90. The van der Waals surface area contributed by atoms with Crippen molar-refractivity contribution in [2.24, 2.45) is 0 Å². The van der Waals surface area contributed by atoms with Crippen LogP contribution in [0.15, 0.2) is 17.0 Å². The van der Waals surface area contributed by atoms with E-state index in [0.717, 1.165) is 0 Å². The third-order valence-corrected chi connectivity index (χ3v) is 6.31. The van der Waals surface area contributed by atoms with Crippen molar-refractivity contribution < 1.29 is 13.5 Å². The van der Waals surface area contributed by atoms with Crippen LogP contribution < -0.4 is 5.73 Å². The summed E-state index contributed by atoms with van der Waals surface area (Å²) in [6.45, 7) is 0. The van der Waals surface area contributed by atoms with Crippen molar-refractivity contribution >= 4 is 27.1 Å². The first-order chi connectivity index (χ1) is 8.75. The number of nitrogens with zero attached hydrogens (tertiary/aromatic N) is 1. The number of benzene rings is 1. The van der Waals surface area contributed by atoms with Gasteiger partial charge in [-0.15, -0.1) is 0 Å². The normalized spacial score (nSPS) is 23.4. The number of halogens is 1. The van der Waals surface area contributed by atoms with Gasteiger partial charge in [-0.05, 0) is 39.1 Å². The van der Waals surface area contributed by atoms with E-state index < -0.39 is 20.8 Å². The Morgan fingerprint density at radius 3 is 2.47 bits per heavy atom. The topological polar surface area (TPSA) is 83.6 Å². The number of anilines is 1. The summed E-state index contributed by atoms with van der Waals surface area (Å²) in [5, 5.41) is 9.36. The van der Waals surface area contributed by atoms with Crippen molar-refractivity contribution in [1.29, 1.82) is 0 Å². The molecule has 1 aromatic carbocycles. The van der Waals surface area contributed by atoms with Crippen LogP contribution in [-0.4, -0.2) is 43.8 Å². The molecule has 0 spiro atoms. The Hall–Kier alpha value is -0.980. The number of hydrogen-bond donors (Lipinski definition) is 2. The molecule has 19 heavy (non-hydrogen) atoms. The summed E-state index contributed by atoms with van der Waals surface area (Å²) in [4.78, 5) is 1.75. The Morgan fingerprint density at radius 1 is 1.37 bits per heavy atom. The Bertz CT molecular complexity index is 595. The van der Waals surface area contributed by atoms with Crippen LogP contribution in [0.5, 0.6) is 5.75 Å². The van der Waals surface area contributed by atoms with Gasteiger partial charge in [0.1, 0.15) is 4.90 Å².